The predicted octanol–water partition coefficient (Wildman–Crippen LogP) is 4.18. The third kappa shape index (κ3) is 4.38. The lowest BCUT2D eigenvalue weighted by Gasteiger charge is -2.19. The normalized spacial score (nSPS) is 12.5. The number of aliphatic hydroxyl groups excluding tert-OH is 1. The van der Waals surface area contributed by atoms with Gasteiger partial charge in [0.1, 0.15) is 0 Å². The van der Waals surface area contributed by atoms with Gasteiger partial charge in [-0.15, -0.1) is 0 Å². The molecule has 3 heteroatoms. The van der Waals surface area contributed by atoms with Gasteiger partial charge < -0.3 is 15.0 Å². The predicted molar refractivity (Wildman–Crippen MR) is 104 cm³/mol. The van der Waals surface area contributed by atoms with Crippen molar-refractivity contribution in [3.8, 4) is 22.5 Å². The molecule has 3 rings (SSSR count). The molecule has 0 aliphatic rings. The highest BCUT2D eigenvalue weighted by molar-refractivity contribution is 5.69. The molecule has 0 amide bonds. The van der Waals surface area contributed by atoms with Crippen molar-refractivity contribution in [3.05, 3.63) is 72.8 Å². The molecule has 3 nitrogen and oxygen atoms in total. The second-order valence-corrected chi connectivity index (χ2v) is 6.66. The third-order valence-corrected chi connectivity index (χ3v) is 4.27. The molecule has 1 atom stereocenters. The highest BCUT2D eigenvalue weighted by Crippen LogP contribution is 2.29. The zero-order chi connectivity index (χ0) is 17.6. The molecule has 2 aromatic carbocycles. The van der Waals surface area contributed by atoms with Crippen LogP contribution in [0.5, 0.6) is 0 Å². The molecule has 0 spiro atoms. The first-order valence-electron chi connectivity index (χ1n) is 8.87. The zero-order valence-electron chi connectivity index (χ0n) is 14.9. The number of nitrogens with one attached hydrogen (secondary N) is 1. The van der Waals surface area contributed by atoms with Gasteiger partial charge in [0.2, 0.25) is 0 Å². The van der Waals surface area contributed by atoms with Crippen LogP contribution in [0.3, 0.4) is 0 Å². The van der Waals surface area contributed by atoms with Crippen LogP contribution in [0.2, 0.25) is 0 Å². The molecule has 0 fully saturated rings. The summed E-state index contributed by atoms with van der Waals surface area (Å²) in [5.74, 6) is 0. The average molecular weight is 334 g/mol. The first kappa shape index (κ1) is 17.5. The van der Waals surface area contributed by atoms with Gasteiger partial charge in [0, 0.05) is 24.0 Å². The molecular weight excluding hydrogens is 308 g/mol. The molecule has 130 valence electrons. The lowest BCUT2D eigenvalue weighted by molar-refractivity contribution is 0.150. The van der Waals surface area contributed by atoms with Gasteiger partial charge in [0.05, 0.1) is 12.6 Å². The van der Waals surface area contributed by atoms with Crippen molar-refractivity contribution < 1.29 is 5.11 Å². The Bertz CT molecular complexity index is 721. The number of aromatic nitrogens is 1. The minimum Gasteiger partial charge on any atom is -0.390 e. The molecule has 0 radical (unpaired) electrons. The van der Waals surface area contributed by atoms with E-state index in [0.29, 0.717) is 19.1 Å². The first-order chi connectivity index (χ1) is 12.1. The van der Waals surface area contributed by atoms with E-state index in [1.807, 2.05) is 36.4 Å². The molecule has 3 aromatic rings. The highest BCUT2D eigenvalue weighted by Gasteiger charge is 2.15. The summed E-state index contributed by atoms with van der Waals surface area (Å²) in [5, 5.41) is 13.8. The van der Waals surface area contributed by atoms with Crippen LogP contribution >= 0.6 is 0 Å². The number of rotatable bonds is 7. The van der Waals surface area contributed by atoms with Crippen LogP contribution in [0.4, 0.5) is 0 Å². The lowest BCUT2D eigenvalue weighted by Crippen LogP contribution is -2.34. The van der Waals surface area contributed by atoms with Crippen molar-refractivity contribution in [2.75, 3.05) is 6.54 Å². The van der Waals surface area contributed by atoms with Crippen molar-refractivity contribution in [2.45, 2.75) is 32.5 Å². The van der Waals surface area contributed by atoms with Crippen LogP contribution in [0.25, 0.3) is 22.5 Å². The average Bonchev–Trinajstić information content (AvgIpc) is 3.05. The van der Waals surface area contributed by atoms with Crippen molar-refractivity contribution in [3.63, 3.8) is 0 Å². The molecule has 25 heavy (non-hydrogen) atoms. The van der Waals surface area contributed by atoms with Gasteiger partial charge in [-0.05, 0) is 23.3 Å². The van der Waals surface area contributed by atoms with Gasteiger partial charge >= 0.3 is 0 Å². The molecule has 0 aliphatic heterocycles. The summed E-state index contributed by atoms with van der Waals surface area (Å²) in [4.78, 5) is 0. The zero-order valence-corrected chi connectivity index (χ0v) is 14.9. The van der Waals surface area contributed by atoms with Crippen LogP contribution in [0.15, 0.2) is 72.8 Å². The minimum absolute atomic E-state index is 0.362. The van der Waals surface area contributed by atoms with Crippen molar-refractivity contribution >= 4 is 0 Å². The molecule has 0 saturated heterocycles. The van der Waals surface area contributed by atoms with E-state index in [4.69, 9.17) is 0 Å². The monoisotopic (exact) mass is 334 g/mol. The van der Waals surface area contributed by atoms with Crippen molar-refractivity contribution in [1.82, 2.24) is 9.88 Å². The van der Waals surface area contributed by atoms with E-state index in [9.17, 15) is 5.11 Å². The van der Waals surface area contributed by atoms with Gasteiger partial charge in [-0.2, -0.15) is 0 Å². The third-order valence-electron chi connectivity index (χ3n) is 4.27. The van der Waals surface area contributed by atoms with Gasteiger partial charge in [0.15, 0.2) is 0 Å². The van der Waals surface area contributed by atoms with Crippen LogP contribution in [0.1, 0.15) is 13.8 Å². The van der Waals surface area contributed by atoms with Gasteiger partial charge in [0.25, 0.3) is 0 Å². The van der Waals surface area contributed by atoms with E-state index in [1.165, 1.54) is 0 Å². The Labute approximate surface area is 149 Å². The molecule has 0 aliphatic carbocycles. The molecule has 0 saturated carbocycles. The number of benzene rings is 2. The highest BCUT2D eigenvalue weighted by atomic mass is 16.3. The maximum absolute atomic E-state index is 10.5. The van der Waals surface area contributed by atoms with Crippen molar-refractivity contribution in [2.24, 2.45) is 0 Å². The Balaban J connectivity index is 1.95. The summed E-state index contributed by atoms with van der Waals surface area (Å²) in [7, 11) is 0. The summed E-state index contributed by atoms with van der Waals surface area (Å²) in [6.07, 6.45) is -0.445. The van der Waals surface area contributed by atoms with Crippen molar-refractivity contribution in [1.29, 1.82) is 0 Å². The quantitative estimate of drug-likeness (QED) is 0.680. The van der Waals surface area contributed by atoms with Gasteiger partial charge in [-0.3, -0.25) is 0 Å². The molecule has 0 unspecified atom stereocenters. The summed E-state index contributed by atoms with van der Waals surface area (Å²) in [6, 6.07) is 25.3. The fraction of sp³-hybridized carbons (Fsp3) is 0.273. The number of hydrogen-bond acceptors (Lipinski definition) is 2. The maximum atomic E-state index is 10.5. The fourth-order valence-electron chi connectivity index (χ4n) is 3.03. The van der Waals surface area contributed by atoms with Crippen LogP contribution in [-0.2, 0) is 6.54 Å². The largest absolute Gasteiger partial charge is 0.390 e. The number of aliphatic hydroxyl groups is 1. The molecule has 0 bridgehead atoms. The van der Waals surface area contributed by atoms with E-state index in [2.05, 4.69) is 60.1 Å². The SMILES string of the molecule is CC(C)NC[C@@H](O)Cn1c(-c2ccccc2)ccc1-c1ccccc1. The summed E-state index contributed by atoms with van der Waals surface area (Å²) >= 11 is 0. The topological polar surface area (TPSA) is 37.2 Å². The van der Waals surface area contributed by atoms with Gasteiger partial charge in [-0.1, -0.05) is 74.5 Å². The van der Waals surface area contributed by atoms with E-state index >= 15 is 0 Å². The number of nitrogens with zero attached hydrogens (tertiary/aromatic N) is 1. The van der Waals surface area contributed by atoms with Crippen LogP contribution in [0, 0.1) is 0 Å². The van der Waals surface area contributed by atoms with E-state index in [0.717, 1.165) is 22.5 Å². The molecule has 1 aromatic heterocycles. The molecule has 1 heterocycles. The Kier molecular flexibility index (Phi) is 5.69. The maximum Gasteiger partial charge on any atom is 0.0843 e. The second kappa shape index (κ2) is 8.15. The lowest BCUT2D eigenvalue weighted by atomic mass is 10.1. The summed E-state index contributed by atoms with van der Waals surface area (Å²) in [6.45, 7) is 5.32. The smallest absolute Gasteiger partial charge is 0.0843 e. The van der Waals surface area contributed by atoms with E-state index < -0.39 is 6.10 Å². The summed E-state index contributed by atoms with van der Waals surface area (Å²) < 4.78 is 2.22. The van der Waals surface area contributed by atoms with E-state index in [-0.39, 0.29) is 0 Å². The van der Waals surface area contributed by atoms with Crippen LogP contribution in [-0.4, -0.2) is 28.4 Å². The molecular formula is C22H26N2O. The number of hydrogen-bond donors (Lipinski definition) is 2. The molecule has 2 N–H and O–H groups in total. The standard InChI is InChI=1S/C22H26N2O/c1-17(2)23-15-20(25)16-24-21(18-9-5-3-6-10-18)13-14-22(24)19-11-7-4-8-12-19/h3-14,17,20,23,25H,15-16H2,1-2H3/t20-/m1/s1. The Hall–Kier alpha value is -2.36. The van der Waals surface area contributed by atoms with Crippen LogP contribution < -0.4 is 5.32 Å². The second-order valence-electron chi connectivity index (χ2n) is 6.66. The van der Waals surface area contributed by atoms with E-state index in [1.54, 1.807) is 0 Å². The minimum atomic E-state index is -0.445. The fourth-order valence-corrected chi connectivity index (χ4v) is 3.03. The first-order valence-corrected chi connectivity index (χ1v) is 8.87. The van der Waals surface area contributed by atoms with Gasteiger partial charge in [-0.25, -0.2) is 0 Å². The Morgan fingerprint density at radius 3 is 1.72 bits per heavy atom. The Morgan fingerprint density at radius 1 is 0.800 bits per heavy atom. The Morgan fingerprint density at radius 2 is 1.28 bits per heavy atom. The summed E-state index contributed by atoms with van der Waals surface area (Å²) in [5.41, 5.74) is 4.58.